The summed E-state index contributed by atoms with van der Waals surface area (Å²) in [5.41, 5.74) is 3.78. The molecular formula is C13H26N4. The van der Waals surface area contributed by atoms with Crippen LogP contribution in [0.4, 0.5) is 0 Å². The Morgan fingerprint density at radius 3 is 2.47 bits per heavy atom. The van der Waals surface area contributed by atoms with Gasteiger partial charge in [0.1, 0.15) is 0 Å². The zero-order chi connectivity index (χ0) is 13.0. The molecule has 0 fully saturated rings. The molecule has 0 bridgehead atoms. The van der Waals surface area contributed by atoms with E-state index >= 15 is 0 Å². The smallest absolute Gasteiger partial charge is 0.0641 e. The molecule has 4 nitrogen and oxygen atoms in total. The molecule has 0 atom stereocenters. The number of hydrogen-bond acceptors (Lipinski definition) is 3. The predicted octanol–water partition coefficient (Wildman–Crippen LogP) is 1.47. The lowest BCUT2D eigenvalue weighted by Crippen LogP contribution is -2.32. The third kappa shape index (κ3) is 4.13. The highest BCUT2D eigenvalue weighted by Crippen LogP contribution is 2.13. The SMILES string of the molecule is Cc1nn(C)c(C)c1CN(C)CCNC(C)C. The standard InChI is InChI=1S/C13H26N4/c1-10(2)14-7-8-16(5)9-13-11(3)15-17(6)12(13)4/h10,14H,7-9H2,1-6H3. The summed E-state index contributed by atoms with van der Waals surface area (Å²) in [5, 5.41) is 7.88. The van der Waals surface area contributed by atoms with Crippen molar-refractivity contribution in [2.75, 3.05) is 20.1 Å². The molecule has 0 amide bonds. The van der Waals surface area contributed by atoms with Crippen LogP contribution in [0.25, 0.3) is 0 Å². The maximum Gasteiger partial charge on any atom is 0.0641 e. The molecule has 0 aliphatic carbocycles. The first-order chi connectivity index (χ1) is 7.91. The summed E-state index contributed by atoms with van der Waals surface area (Å²) in [4.78, 5) is 2.34. The van der Waals surface area contributed by atoms with Gasteiger partial charge in [0.15, 0.2) is 0 Å². The van der Waals surface area contributed by atoms with Gasteiger partial charge in [0.05, 0.1) is 5.69 Å². The first kappa shape index (κ1) is 14.2. The highest BCUT2D eigenvalue weighted by atomic mass is 15.3. The number of nitrogens with zero attached hydrogens (tertiary/aromatic N) is 3. The molecule has 0 unspecified atom stereocenters. The number of hydrogen-bond donors (Lipinski definition) is 1. The van der Waals surface area contributed by atoms with Crippen LogP contribution in [0, 0.1) is 13.8 Å². The Labute approximate surface area is 105 Å². The van der Waals surface area contributed by atoms with Gasteiger partial charge < -0.3 is 10.2 Å². The highest BCUT2D eigenvalue weighted by molar-refractivity contribution is 5.23. The predicted molar refractivity (Wildman–Crippen MR) is 72.2 cm³/mol. The first-order valence-electron chi connectivity index (χ1n) is 6.32. The number of aromatic nitrogens is 2. The summed E-state index contributed by atoms with van der Waals surface area (Å²) in [6, 6.07) is 0.560. The third-order valence-electron chi connectivity index (χ3n) is 3.13. The van der Waals surface area contributed by atoms with E-state index in [9.17, 15) is 0 Å². The lowest BCUT2D eigenvalue weighted by molar-refractivity contribution is 0.318. The Morgan fingerprint density at radius 1 is 1.35 bits per heavy atom. The molecule has 1 aromatic heterocycles. The molecule has 0 saturated heterocycles. The number of nitrogens with one attached hydrogen (secondary N) is 1. The van der Waals surface area contributed by atoms with Gasteiger partial charge in [-0.2, -0.15) is 5.10 Å². The minimum Gasteiger partial charge on any atom is -0.313 e. The van der Waals surface area contributed by atoms with Gasteiger partial charge in [-0.3, -0.25) is 4.68 Å². The Kier molecular flexibility index (Phi) is 5.15. The minimum atomic E-state index is 0.560. The second-order valence-corrected chi connectivity index (χ2v) is 5.12. The van der Waals surface area contributed by atoms with Gasteiger partial charge in [0, 0.05) is 44.0 Å². The normalized spacial score (nSPS) is 11.8. The van der Waals surface area contributed by atoms with Crippen molar-refractivity contribution >= 4 is 0 Å². The van der Waals surface area contributed by atoms with E-state index in [4.69, 9.17) is 0 Å². The Bertz CT molecular complexity index is 355. The van der Waals surface area contributed by atoms with Crippen LogP contribution in [0.2, 0.25) is 0 Å². The lowest BCUT2D eigenvalue weighted by atomic mass is 10.2. The largest absolute Gasteiger partial charge is 0.313 e. The van der Waals surface area contributed by atoms with Crippen molar-refractivity contribution in [2.24, 2.45) is 7.05 Å². The molecule has 17 heavy (non-hydrogen) atoms. The summed E-state index contributed by atoms with van der Waals surface area (Å²) in [6.07, 6.45) is 0. The van der Waals surface area contributed by atoms with Crippen molar-refractivity contribution < 1.29 is 0 Å². The van der Waals surface area contributed by atoms with Crippen molar-refractivity contribution in [3.05, 3.63) is 17.0 Å². The summed E-state index contributed by atoms with van der Waals surface area (Å²) in [7, 11) is 4.17. The van der Waals surface area contributed by atoms with E-state index < -0.39 is 0 Å². The van der Waals surface area contributed by atoms with E-state index in [0.717, 1.165) is 25.3 Å². The maximum absolute atomic E-state index is 4.45. The summed E-state index contributed by atoms with van der Waals surface area (Å²) < 4.78 is 1.96. The Hall–Kier alpha value is -0.870. The van der Waals surface area contributed by atoms with Gasteiger partial charge in [-0.25, -0.2) is 0 Å². The van der Waals surface area contributed by atoms with Crippen LogP contribution < -0.4 is 5.32 Å². The zero-order valence-electron chi connectivity index (χ0n) is 12.0. The topological polar surface area (TPSA) is 33.1 Å². The van der Waals surface area contributed by atoms with Crippen molar-refractivity contribution in [3.8, 4) is 0 Å². The first-order valence-corrected chi connectivity index (χ1v) is 6.32. The molecule has 1 rings (SSSR count). The highest BCUT2D eigenvalue weighted by Gasteiger charge is 2.11. The summed E-state index contributed by atoms with van der Waals surface area (Å²) >= 11 is 0. The maximum atomic E-state index is 4.45. The van der Waals surface area contributed by atoms with E-state index in [-0.39, 0.29) is 0 Å². The van der Waals surface area contributed by atoms with Crippen molar-refractivity contribution in [2.45, 2.75) is 40.3 Å². The molecule has 98 valence electrons. The van der Waals surface area contributed by atoms with Gasteiger partial charge in [0.25, 0.3) is 0 Å². The van der Waals surface area contributed by atoms with Crippen LogP contribution in [-0.2, 0) is 13.6 Å². The summed E-state index contributed by atoms with van der Waals surface area (Å²) in [6.45, 7) is 11.6. The van der Waals surface area contributed by atoms with Gasteiger partial charge in [-0.1, -0.05) is 13.8 Å². The van der Waals surface area contributed by atoms with Gasteiger partial charge in [0.2, 0.25) is 0 Å². The fourth-order valence-electron chi connectivity index (χ4n) is 1.94. The lowest BCUT2D eigenvalue weighted by Gasteiger charge is -2.18. The molecule has 0 saturated carbocycles. The average Bonchev–Trinajstić information content (AvgIpc) is 2.44. The quantitative estimate of drug-likeness (QED) is 0.814. The monoisotopic (exact) mass is 238 g/mol. The van der Waals surface area contributed by atoms with E-state index in [1.165, 1.54) is 11.3 Å². The van der Waals surface area contributed by atoms with Crippen LogP contribution in [0.15, 0.2) is 0 Å². The van der Waals surface area contributed by atoms with Crippen LogP contribution in [-0.4, -0.2) is 40.9 Å². The van der Waals surface area contributed by atoms with Crippen molar-refractivity contribution in [1.82, 2.24) is 20.0 Å². The van der Waals surface area contributed by atoms with Crippen LogP contribution in [0.5, 0.6) is 0 Å². The van der Waals surface area contributed by atoms with Crippen molar-refractivity contribution in [3.63, 3.8) is 0 Å². The van der Waals surface area contributed by atoms with E-state index in [2.05, 4.69) is 50.1 Å². The fraction of sp³-hybridized carbons (Fsp3) is 0.769. The van der Waals surface area contributed by atoms with Crippen LogP contribution in [0.1, 0.15) is 30.8 Å². The Morgan fingerprint density at radius 2 is 2.00 bits per heavy atom. The van der Waals surface area contributed by atoms with E-state index in [1.807, 2.05) is 11.7 Å². The fourth-order valence-corrected chi connectivity index (χ4v) is 1.94. The molecular weight excluding hydrogens is 212 g/mol. The molecule has 0 radical (unpaired) electrons. The molecule has 0 aromatic carbocycles. The summed E-state index contributed by atoms with van der Waals surface area (Å²) in [5.74, 6) is 0. The molecule has 1 N–H and O–H groups in total. The molecule has 0 aliphatic rings. The van der Waals surface area contributed by atoms with Gasteiger partial charge in [-0.15, -0.1) is 0 Å². The number of likely N-dealkylation sites (N-methyl/N-ethyl adjacent to an activating group) is 1. The molecule has 0 spiro atoms. The average molecular weight is 238 g/mol. The number of aryl methyl sites for hydroxylation is 2. The Balaban J connectivity index is 2.47. The van der Waals surface area contributed by atoms with Crippen LogP contribution >= 0.6 is 0 Å². The van der Waals surface area contributed by atoms with Crippen LogP contribution in [0.3, 0.4) is 0 Å². The van der Waals surface area contributed by atoms with Crippen molar-refractivity contribution in [1.29, 1.82) is 0 Å². The van der Waals surface area contributed by atoms with Gasteiger partial charge in [-0.05, 0) is 20.9 Å². The zero-order valence-corrected chi connectivity index (χ0v) is 12.0. The molecule has 1 heterocycles. The number of rotatable bonds is 6. The molecule has 0 aliphatic heterocycles. The molecule has 4 heteroatoms. The third-order valence-corrected chi connectivity index (χ3v) is 3.13. The second-order valence-electron chi connectivity index (χ2n) is 5.12. The molecule has 1 aromatic rings. The van der Waals surface area contributed by atoms with E-state index in [1.54, 1.807) is 0 Å². The van der Waals surface area contributed by atoms with E-state index in [0.29, 0.717) is 6.04 Å². The van der Waals surface area contributed by atoms with Gasteiger partial charge >= 0.3 is 0 Å². The minimum absolute atomic E-state index is 0.560. The second kappa shape index (κ2) is 6.17.